The molecule has 2 atom stereocenters. The molecule has 3 rings (SSSR count). The van der Waals surface area contributed by atoms with E-state index in [1.54, 1.807) is 0 Å². The number of ether oxygens (including phenoxy) is 1. The van der Waals surface area contributed by atoms with E-state index in [4.69, 9.17) is 20.4 Å². The van der Waals surface area contributed by atoms with Crippen molar-refractivity contribution in [1.82, 2.24) is 9.97 Å². The third-order valence-corrected chi connectivity index (χ3v) is 4.87. The van der Waals surface area contributed by atoms with E-state index in [9.17, 15) is 0 Å². The quantitative estimate of drug-likeness (QED) is 0.762. The maximum Gasteiger partial charge on any atom is 0.226 e. The number of nitrogens with zero attached hydrogens (tertiary/aromatic N) is 3. The van der Waals surface area contributed by atoms with Gasteiger partial charge in [-0.3, -0.25) is 0 Å². The molecule has 0 aliphatic carbocycles. The van der Waals surface area contributed by atoms with Crippen LogP contribution in [0.4, 0.5) is 5.95 Å². The van der Waals surface area contributed by atoms with Crippen molar-refractivity contribution in [2.75, 3.05) is 18.0 Å². The van der Waals surface area contributed by atoms with Crippen molar-refractivity contribution >= 4 is 11.5 Å². The first-order valence-corrected chi connectivity index (χ1v) is 9.98. The van der Waals surface area contributed by atoms with Gasteiger partial charge in [-0.1, -0.05) is 42.5 Å². The smallest absolute Gasteiger partial charge is 0.226 e. The lowest BCUT2D eigenvalue weighted by atomic mass is 9.96. The number of nitrogens with two attached hydrogens (primary N) is 1. The highest BCUT2D eigenvalue weighted by molar-refractivity contribution is 5.85. The summed E-state index contributed by atoms with van der Waals surface area (Å²) in [5.74, 6) is 0.723. The van der Waals surface area contributed by atoms with E-state index < -0.39 is 0 Å². The van der Waals surface area contributed by atoms with Gasteiger partial charge in [0.1, 0.15) is 0 Å². The lowest BCUT2D eigenvalue weighted by molar-refractivity contribution is -0.00571. The predicted molar refractivity (Wildman–Crippen MR) is 121 cm³/mol. The lowest BCUT2D eigenvalue weighted by Crippen LogP contribution is -2.46. The highest BCUT2D eigenvalue weighted by Crippen LogP contribution is 2.32. The average Bonchev–Trinajstić information content (AvgIpc) is 2.66. The molecule has 0 bridgehead atoms. The summed E-state index contributed by atoms with van der Waals surface area (Å²) in [6.45, 7) is 13.8. The summed E-state index contributed by atoms with van der Waals surface area (Å²) in [6, 6.07) is 8.27. The largest absolute Gasteiger partial charge is 0.405 e. The van der Waals surface area contributed by atoms with Gasteiger partial charge < -0.3 is 15.4 Å². The van der Waals surface area contributed by atoms with Crippen molar-refractivity contribution in [3.8, 4) is 11.3 Å². The molecular weight excluding hydrogens is 360 g/mol. The third kappa shape index (κ3) is 4.93. The van der Waals surface area contributed by atoms with E-state index in [1.165, 1.54) is 6.20 Å². The zero-order chi connectivity index (χ0) is 21.0. The molecule has 29 heavy (non-hydrogen) atoms. The van der Waals surface area contributed by atoms with E-state index in [2.05, 4.69) is 44.4 Å². The Bertz CT molecular complexity index is 938. The van der Waals surface area contributed by atoms with Crippen molar-refractivity contribution in [1.29, 1.82) is 0 Å². The summed E-state index contributed by atoms with van der Waals surface area (Å²) in [5.41, 5.74) is 11.7. The van der Waals surface area contributed by atoms with E-state index >= 15 is 0 Å². The number of hydrogen-bond acceptors (Lipinski definition) is 5. The number of morpholine rings is 1. The van der Waals surface area contributed by atoms with Crippen LogP contribution in [0.1, 0.15) is 31.9 Å². The van der Waals surface area contributed by atoms with Crippen molar-refractivity contribution in [2.24, 2.45) is 5.73 Å². The Morgan fingerprint density at radius 1 is 1.24 bits per heavy atom. The summed E-state index contributed by atoms with van der Waals surface area (Å²) in [6.07, 6.45) is 7.58. The van der Waals surface area contributed by atoms with Crippen LogP contribution in [0, 0.1) is 6.92 Å². The molecule has 0 amide bonds. The minimum absolute atomic E-state index is 0.142. The second kappa shape index (κ2) is 9.05. The third-order valence-electron chi connectivity index (χ3n) is 4.87. The number of aromatic nitrogens is 2. The van der Waals surface area contributed by atoms with Gasteiger partial charge in [0.2, 0.25) is 5.95 Å². The molecule has 1 aromatic carbocycles. The first kappa shape index (κ1) is 20.8. The maximum absolute atomic E-state index is 5.87. The van der Waals surface area contributed by atoms with Gasteiger partial charge in [0.25, 0.3) is 0 Å². The second-order valence-electron chi connectivity index (χ2n) is 7.71. The van der Waals surface area contributed by atoms with E-state index in [-0.39, 0.29) is 12.2 Å². The number of rotatable bonds is 5. The van der Waals surface area contributed by atoms with Crippen LogP contribution in [0.15, 0.2) is 61.0 Å². The molecular formula is C24H30N4O. The van der Waals surface area contributed by atoms with Crippen LogP contribution in [-0.4, -0.2) is 35.3 Å². The van der Waals surface area contributed by atoms with Crippen molar-refractivity contribution < 1.29 is 4.74 Å². The maximum atomic E-state index is 5.87. The standard InChI is InChI=1S/C24H30N4O/c1-16(2)12-20(10-11-25)22-13-26-24(28-14-18(4)29-19(5)15-28)27-23(22)21-9-7-6-8-17(21)3/h6-13,18-19H,1,14-15,25H2,2-5H3/b11-10-,20-12+/t18-,19+. The Hall–Kier alpha value is -2.92. The fraction of sp³-hybridized carbons (Fsp3) is 0.333. The number of anilines is 1. The number of allylic oxidation sites excluding steroid dienone is 4. The Kier molecular flexibility index (Phi) is 6.49. The molecule has 0 radical (unpaired) electrons. The molecule has 0 spiro atoms. The minimum Gasteiger partial charge on any atom is -0.405 e. The SMILES string of the molecule is C=C(C)/C=C(\C=C/N)c1cnc(N2C[C@@H](C)O[C@@H](C)C2)nc1-c1ccccc1C. The molecule has 5 nitrogen and oxygen atoms in total. The van der Waals surface area contributed by atoms with Crippen LogP contribution in [0.5, 0.6) is 0 Å². The van der Waals surface area contributed by atoms with Crippen LogP contribution in [-0.2, 0) is 4.74 Å². The summed E-state index contributed by atoms with van der Waals surface area (Å²) in [7, 11) is 0. The lowest BCUT2D eigenvalue weighted by Gasteiger charge is -2.35. The molecule has 2 N–H and O–H groups in total. The highest BCUT2D eigenvalue weighted by Gasteiger charge is 2.25. The zero-order valence-corrected chi connectivity index (χ0v) is 17.7. The Balaban J connectivity index is 2.17. The monoisotopic (exact) mass is 390 g/mol. The summed E-state index contributed by atoms with van der Waals surface area (Å²) < 4.78 is 5.87. The molecule has 1 fully saturated rings. The van der Waals surface area contributed by atoms with Gasteiger partial charge >= 0.3 is 0 Å². The second-order valence-corrected chi connectivity index (χ2v) is 7.71. The first-order valence-electron chi connectivity index (χ1n) is 9.98. The minimum atomic E-state index is 0.142. The molecule has 1 aromatic heterocycles. The van der Waals surface area contributed by atoms with Crippen molar-refractivity contribution in [2.45, 2.75) is 39.9 Å². The summed E-state index contributed by atoms with van der Waals surface area (Å²) >= 11 is 0. The predicted octanol–water partition coefficient (Wildman–Crippen LogP) is 4.50. The molecule has 2 aromatic rings. The normalized spacial score (nSPS) is 20.3. The van der Waals surface area contributed by atoms with E-state index in [1.807, 2.05) is 37.4 Å². The number of hydrogen-bond donors (Lipinski definition) is 1. The van der Waals surface area contributed by atoms with E-state index in [0.717, 1.165) is 52.6 Å². The molecule has 1 aliphatic rings. The molecule has 5 heteroatoms. The molecule has 152 valence electrons. The van der Waals surface area contributed by atoms with Gasteiger partial charge in [0.15, 0.2) is 0 Å². The first-order chi connectivity index (χ1) is 13.9. The van der Waals surface area contributed by atoms with Gasteiger partial charge in [0.05, 0.1) is 17.9 Å². The van der Waals surface area contributed by atoms with Gasteiger partial charge in [-0.05, 0) is 51.1 Å². The number of benzene rings is 1. The van der Waals surface area contributed by atoms with Crippen LogP contribution in [0.25, 0.3) is 16.8 Å². The molecule has 1 aliphatic heterocycles. The topological polar surface area (TPSA) is 64.3 Å². The van der Waals surface area contributed by atoms with Crippen molar-refractivity contribution in [3.05, 3.63) is 72.1 Å². The van der Waals surface area contributed by atoms with Gasteiger partial charge in [-0.15, -0.1) is 0 Å². The van der Waals surface area contributed by atoms with Gasteiger partial charge in [-0.2, -0.15) is 0 Å². The fourth-order valence-corrected chi connectivity index (χ4v) is 3.71. The van der Waals surface area contributed by atoms with E-state index in [0.29, 0.717) is 0 Å². The average molecular weight is 391 g/mol. The summed E-state index contributed by atoms with van der Waals surface area (Å²) in [4.78, 5) is 11.9. The van der Waals surface area contributed by atoms with Crippen LogP contribution >= 0.6 is 0 Å². The highest BCUT2D eigenvalue weighted by atomic mass is 16.5. The van der Waals surface area contributed by atoms with Crippen molar-refractivity contribution in [3.63, 3.8) is 0 Å². The fourth-order valence-electron chi connectivity index (χ4n) is 3.71. The van der Waals surface area contributed by atoms with Crippen LogP contribution in [0.2, 0.25) is 0 Å². The number of aryl methyl sites for hydroxylation is 1. The van der Waals surface area contributed by atoms with Crippen LogP contribution in [0.3, 0.4) is 0 Å². The molecule has 1 saturated heterocycles. The zero-order valence-electron chi connectivity index (χ0n) is 17.7. The van der Waals surface area contributed by atoms with Gasteiger partial charge in [0, 0.05) is 30.4 Å². The Morgan fingerprint density at radius 3 is 2.55 bits per heavy atom. The Morgan fingerprint density at radius 2 is 1.93 bits per heavy atom. The molecule has 0 unspecified atom stereocenters. The summed E-state index contributed by atoms with van der Waals surface area (Å²) in [5, 5.41) is 0. The molecule has 0 saturated carbocycles. The van der Waals surface area contributed by atoms with Crippen LogP contribution < -0.4 is 10.6 Å². The Labute approximate surface area is 173 Å². The van der Waals surface area contributed by atoms with Gasteiger partial charge in [-0.25, -0.2) is 9.97 Å². The molecule has 2 heterocycles.